The van der Waals surface area contributed by atoms with Crippen molar-refractivity contribution in [2.45, 2.75) is 71.6 Å². The maximum absolute atomic E-state index is 11.3. The molecule has 0 aromatic rings. The zero-order valence-corrected chi connectivity index (χ0v) is 12.1. The van der Waals surface area contributed by atoms with Gasteiger partial charge in [0.05, 0.1) is 6.61 Å². The van der Waals surface area contributed by atoms with E-state index < -0.39 is 0 Å². The van der Waals surface area contributed by atoms with Gasteiger partial charge in [0.1, 0.15) is 0 Å². The number of aliphatic hydroxyl groups excluding tert-OH is 1. The van der Waals surface area contributed by atoms with Crippen molar-refractivity contribution in [2.24, 2.45) is 5.92 Å². The summed E-state index contributed by atoms with van der Waals surface area (Å²) in [6, 6.07) is 0. The fourth-order valence-corrected chi connectivity index (χ4v) is 1.76. The zero-order valence-electron chi connectivity index (χ0n) is 12.1. The lowest BCUT2D eigenvalue weighted by Crippen LogP contribution is -2.14. The van der Waals surface area contributed by atoms with Gasteiger partial charge >= 0.3 is 5.97 Å². The van der Waals surface area contributed by atoms with Crippen molar-refractivity contribution in [3.05, 3.63) is 0 Å². The van der Waals surface area contributed by atoms with E-state index in [-0.39, 0.29) is 18.5 Å². The van der Waals surface area contributed by atoms with Crippen molar-refractivity contribution < 1.29 is 14.6 Å². The Kier molecular flexibility index (Phi) is 12.5. The summed E-state index contributed by atoms with van der Waals surface area (Å²) in [5.41, 5.74) is 0. The fraction of sp³-hybridized carbons (Fsp3) is 0.933. The number of aliphatic hydroxyl groups is 1. The van der Waals surface area contributed by atoms with Crippen molar-refractivity contribution in [1.82, 2.24) is 0 Å². The zero-order chi connectivity index (χ0) is 13.6. The molecule has 0 saturated heterocycles. The van der Waals surface area contributed by atoms with E-state index in [0.29, 0.717) is 13.0 Å². The Morgan fingerprint density at radius 3 is 2.17 bits per heavy atom. The summed E-state index contributed by atoms with van der Waals surface area (Å²) in [5, 5.41) is 8.79. The Hall–Kier alpha value is -0.570. The molecule has 0 rings (SSSR count). The third-order valence-electron chi connectivity index (χ3n) is 3.07. The summed E-state index contributed by atoms with van der Waals surface area (Å²) in [7, 11) is 0. The Morgan fingerprint density at radius 2 is 1.61 bits per heavy atom. The molecule has 1 atom stereocenters. The Labute approximate surface area is 112 Å². The quantitative estimate of drug-likeness (QED) is 0.429. The minimum absolute atomic E-state index is 0.0486. The molecule has 18 heavy (non-hydrogen) atoms. The molecule has 0 aromatic carbocycles. The van der Waals surface area contributed by atoms with Crippen molar-refractivity contribution in [2.75, 3.05) is 13.2 Å². The van der Waals surface area contributed by atoms with Gasteiger partial charge in [-0.2, -0.15) is 0 Å². The van der Waals surface area contributed by atoms with E-state index in [2.05, 4.69) is 6.92 Å². The lowest BCUT2D eigenvalue weighted by Gasteiger charge is -2.08. The molecule has 0 aromatic heterocycles. The second-order valence-electron chi connectivity index (χ2n) is 5.20. The fourth-order valence-electron chi connectivity index (χ4n) is 1.76. The monoisotopic (exact) mass is 258 g/mol. The van der Waals surface area contributed by atoms with Gasteiger partial charge < -0.3 is 9.84 Å². The smallest absolute Gasteiger partial charge is 0.305 e. The number of unbranched alkanes of at least 4 members (excludes halogenated alkanes) is 7. The van der Waals surface area contributed by atoms with E-state index in [0.717, 1.165) is 12.8 Å². The summed E-state index contributed by atoms with van der Waals surface area (Å²) in [5.74, 6) is -0.0752. The molecule has 0 radical (unpaired) electrons. The maximum Gasteiger partial charge on any atom is 0.305 e. The number of ether oxygens (including phenoxy) is 1. The Bertz CT molecular complexity index is 192. The Morgan fingerprint density at radius 1 is 1.06 bits per heavy atom. The molecular weight excluding hydrogens is 228 g/mol. The standard InChI is InChI=1S/C15H30O3/c1-3-4-5-6-7-8-9-10-11-15(17)18-13-14(2)12-16/h14,16H,3-13H2,1-2H3. The van der Waals surface area contributed by atoms with Crippen LogP contribution in [0.2, 0.25) is 0 Å². The van der Waals surface area contributed by atoms with Crippen LogP contribution in [0.1, 0.15) is 71.6 Å². The normalized spacial score (nSPS) is 12.4. The van der Waals surface area contributed by atoms with Crippen molar-refractivity contribution >= 4 is 5.97 Å². The first-order valence-electron chi connectivity index (χ1n) is 7.47. The minimum atomic E-state index is -0.124. The molecule has 0 aliphatic carbocycles. The van der Waals surface area contributed by atoms with Crippen LogP contribution in [-0.4, -0.2) is 24.3 Å². The van der Waals surface area contributed by atoms with Crippen LogP contribution in [0.3, 0.4) is 0 Å². The van der Waals surface area contributed by atoms with Crippen molar-refractivity contribution in [3.8, 4) is 0 Å². The molecule has 0 spiro atoms. The molecular formula is C15H30O3. The highest BCUT2D eigenvalue weighted by Crippen LogP contribution is 2.10. The van der Waals surface area contributed by atoms with Gasteiger partial charge in [-0.25, -0.2) is 0 Å². The van der Waals surface area contributed by atoms with Crippen LogP contribution in [-0.2, 0) is 9.53 Å². The van der Waals surface area contributed by atoms with Crippen LogP contribution in [0.5, 0.6) is 0 Å². The predicted molar refractivity (Wildman–Crippen MR) is 74.4 cm³/mol. The van der Waals surface area contributed by atoms with Crippen molar-refractivity contribution in [3.63, 3.8) is 0 Å². The Balaban J connectivity index is 3.20. The second-order valence-corrected chi connectivity index (χ2v) is 5.20. The van der Waals surface area contributed by atoms with E-state index in [1.54, 1.807) is 0 Å². The number of esters is 1. The average molecular weight is 258 g/mol. The minimum Gasteiger partial charge on any atom is -0.465 e. The molecule has 0 aliphatic heterocycles. The van der Waals surface area contributed by atoms with Crippen LogP contribution < -0.4 is 0 Å². The van der Waals surface area contributed by atoms with E-state index >= 15 is 0 Å². The van der Waals surface area contributed by atoms with Gasteiger partial charge in [0, 0.05) is 18.9 Å². The highest BCUT2D eigenvalue weighted by Gasteiger charge is 2.06. The highest BCUT2D eigenvalue weighted by molar-refractivity contribution is 5.69. The molecule has 0 heterocycles. The molecule has 1 N–H and O–H groups in total. The van der Waals surface area contributed by atoms with Gasteiger partial charge in [0.25, 0.3) is 0 Å². The van der Waals surface area contributed by atoms with Crippen LogP contribution in [0, 0.1) is 5.92 Å². The first kappa shape index (κ1) is 17.4. The molecule has 0 saturated carbocycles. The lowest BCUT2D eigenvalue weighted by molar-refractivity contribution is -0.145. The topological polar surface area (TPSA) is 46.5 Å². The summed E-state index contributed by atoms with van der Waals surface area (Å²) >= 11 is 0. The third-order valence-corrected chi connectivity index (χ3v) is 3.07. The number of carbonyl (C=O) groups is 1. The van der Waals surface area contributed by atoms with Gasteiger partial charge in [0.2, 0.25) is 0 Å². The van der Waals surface area contributed by atoms with Crippen LogP contribution in [0.25, 0.3) is 0 Å². The summed E-state index contributed by atoms with van der Waals surface area (Å²) in [6.07, 6.45) is 10.4. The summed E-state index contributed by atoms with van der Waals surface area (Å²) in [4.78, 5) is 11.3. The summed E-state index contributed by atoms with van der Waals surface area (Å²) in [6.45, 7) is 4.50. The van der Waals surface area contributed by atoms with Gasteiger partial charge in [-0.1, -0.05) is 58.8 Å². The number of hydrogen-bond acceptors (Lipinski definition) is 3. The van der Waals surface area contributed by atoms with Crippen molar-refractivity contribution in [1.29, 1.82) is 0 Å². The van der Waals surface area contributed by atoms with Crippen LogP contribution in [0.4, 0.5) is 0 Å². The number of hydrogen-bond donors (Lipinski definition) is 1. The van der Waals surface area contributed by atoms with Gasteiger partial charge in [-0.3, -0.25) is 4.79 Å². The molecule has 3 nitrogen and oxygen atoms in total. The maximum atomic E-state index is 11.3. The molecule has 0 aliphatic rings. The van der Waals surface area contributed by atoms with Crippen LogP contribution >= 0.6 is 0 Å². The SMILES string of the molecule is CCCCCCCCCCC(=O)OCC(C)CO. The van der Waals surface area contributed by atoms with E-state index in [1.807, 2.05) is 6.92 Å². The molecule has 3 heteroatoms. The molecule has 108 valence electrons. The second kappa shape index (κ2) is 12.9. The number of rotatable bonds is 12. The first-order valence-corrected chi connectivity index (χ1v) is 7.47. The van der Waals surface area contributed by atoms with Gasteiger partial charge in [0.15, 0.2) is 0 Å². The molecule has 0 bridgehead atoms. The van der Waals surface area contributed by atoms with E-state index in [9.17, 15) is 4.79 Å². The van der Waals surface area contributed by atoms with Crippen LogP contribution in [0.15, 0.2) is 0 Å². The average Bonchev–Trinajstić information content (AvgIpc) is 2.39. The van der Waals surface area contributed by atoms with Gasteiger partial charge in [-0.05, 0) is 6.42 Å². The van der Waals surface area contributed by atoms with E-state index in [4.69, 9.17) is 9.84 Å². The highest BCUT2D eigenvalue weighted by atomic mass is 16.5. The predicted octanol–water partition coefficient (Wildman–Crippen LogP) is 3.69. The molecule has 0 fully saturated rings. The molecule has 1 unspecified atom stereocenters. The largest absolute Gasteiger partial charge is 0.465 e. The molecule has 0 amide bonds. The first-order chi connectivity index (χ1) is 8.70. The number of carbonyl (C=O) groups excluding carboxylic acids is 1. The van der Waals surface area contributed by atoms with E-state index in [1.165, 1.54) is 38.5 Å². The lowest BCUT2D eigenvalue weighted by atomic mass is 10.1. The summed E-state index contributed by atoms with van der Waals surface area (Å²) < 4.78 is 5.06. The third kappa shape index (κ3) is 11.9. The van der Waals surface area contributed by atoms with Gasteiger partial charge in [-0.15, -0.1) is 0 Å².